The second-order valence-electron chi connectivity index (χ2n) is 6.64. The summed E-state index contributed by atoms with van der Waals surface area (Å²) in [6, 6.07) is 8.97. The van der Waals surface area contributed by atoms with Crippen molar-refractivity contribution in [3.63, 3.8) is 0 Å². The van der Waals surface area contributed by atoms with Gasteiger partial charge >= 0.3 is 6.18 Å². The standard InChI is InChI=1S/C19H20F3N3O3/c1-12(16-8-24-17(9-23-16)28-11-19(20,21)22)25-18(26)15-7-13(15)10-27-14-5-3-2-4-6-14/h2-6,8-9,12-13,15H,7,10-11H2,1H3,(H,25,26)/t12?,13-,15+/m0/s1. The Morgan fingerprint density at radius 3 is 2.61 bits per heavy atom. The third kappa shape index (κ3) is 5.83. The number of hydrogen-bond acceptors (Lipinski definition) is 5. The minimum atomic E-state index is -4.44. The van der Waals surface area contributed by atoms with Crippen LogP contribution in [0.3, 0.4) is 0 Å². The van der Waals surface area contributed by atoms with Crippen molar-refractivity contribution >= 4 is 5.91 Å². The Balaban J connectivity index is 1.43. The van der Waals surface area contributed by atoms with E-state index in [2.05, 4.69) is 20.0 Å². The number of nitrogens with one attached hydrogen (secondary N) is 1. The van der Waals surface area contributed by atoms with Crippen LogP contribution < -0.4 is 14.8 Å². The molecule has 1 unspecified atom stereocenters. The van der Waals surface area contributed by atoms with Crippen LogP contribution in [0.15, 0.2) is 42.7 Å². The number of amides is 1. The van der Waals surface area contributed by atoms with Crippen LogP contribution in [0, 0.1) is 11.8 Å². The molecule has 6 nitrogen and oxygen atoms in total. The van der Waals surface area contributed by atoms with Crippen LogP contribution in [-0.4, -0.2) is 35.3 Å². The van der Waals surface area contributed by atoms with Gasteiger partial charge in [-0.05, 0) is 25.5 Å². The molecule has 1 N–H and O–H groups in total. The van der Waals surface area contributed by atoms with E-state index in [1.165, 1.54) is 6.20 Å². The van der Waals surface area contributed by atoms with Crippen molar-refractivity contribution < 1.29 is 27.4 Å². The summed E-state index contributed by atoms with van der Waals surface area (Å²) in [5.41, 5.74) is 0.436. The Labute approximate surface area is 160 Å². The van der Waals surface area contributed by atoms with E-state index in [1.807, 2.05) is 30.3 Å². The molecule has 0 bridgehead atoms. The molecular formula is C19H20F3N3O3. The number of carbonyl (C=O) groups excluding carboxylic acids is 1. The highest BCUT2D eigenvalue weighted by Crippen LogP contribution is 2.39. The maximum Gasteiger partial charge on any atom is 0.422 e. The fraction of sp³-hybridized carbons (Fsp3) is 0.421. The zero-order valence-corrected chi connectivity index (χ0v) is 15.1. The van der Waals surface area contributed by atoms with Gasteiger partial charge in [-0.3, -0.25) is 9.78 Å². The lowest BCUT2D eigenvalue weighted by atomic mass is 10.2. The Morgan fingerprint density at radius 2 is 1.96 bits per heavy atom. The number of alkyl halides is 3. The van der Waals surface area contributed by atoms with Crippen molar-refractivity contribution in [2.45, 2.75) is 25.6 Å². The van der Waals surface area contributed by atoms with Crippen molar-refractivity contribution in [1.29, 1.82) is 0 Å². The molecule has 150 valence electrons. The smallest absolute Gasteiger partial charge is 0.422 e. The van der Waals surface area contributed by atoms with E-state index < -0.39 is 18.8 Å². The number of hydrogen-bond donors (Lipinski definition) is 1. The summed E-state index contributed by atoms with van der Waals surface area (Å²) in [7, 11) is 0. The molecule has 2 aromatic rings. The molecule has 0 saturated heterocycles. The van der Waals surface area contributed by atoms with Crippen molar-refractivity contribution in [2.75, 3.05) is 13.2 Å². The lowest BCUT2D eigenvalue weighted by Crippen LogP contribution is -2.29. The molecule has 1 heterocycles. The predicted molar refractivity (Wildman–Crippen MR) is 93.7 cm³/mol. The van der Waals surface area contributed by atoms with Gasteiger partial charge in [0.2, 0.25) is 11.8 Å². The van der Waals surface area contributed by atoms with Crippen molar-refractivity contribution in [1.82, 2.24) is 15.3 Å². The highest BCUT2D eigenvalue weighted by Gasteiger charge is 2.43. The number of ether oxygens (including phenoxy) is 2. The first kappa shape index (κ1) is 19.9. The maximum atomic E-state index is 12.3. The number of rotatable bonds is 8. The van der Waals surface area contributed by atoms with Crippen molar-refractivity contribution in [3.05, 3.63) is 48.4 Å². The van der Waals surface area contributed by atoms with Gasteiger partial charge in [0, 0.05) is 11.8 Å². The molecule has 1 aliphatic carbocycles. The molecule has 3 atom stereocenters. The van der Waals surface area contributed by atoms with Gasteiger partial charge in [0.1, 0.15) is 5.75 Å². The maximum absolute atomic E-state index is 12.3. The zero-order chi connectivity index (χ0) is 20.1. The minimum Gasteiger partial charge on any atom is -0.493 e. The molecule has 1 aromatic heterocycles. The molecule has 9 heteroatoms. The third-order valence-corrected chi connectivity index (χ3v) is 4.30. The molecule has 0 spiro atoms. The summed E-state index contributed by atoms with van der Waals surface area (Å²) in [4.78, 5) is 20.1. The minimum absolute atomic E-state index is 0.103. The van der Waals surface area contributed by atoms with Crippen LogP contribution >= 0.6 is 0 Å². The number of carbonyl (C=O) groups is 1. The van der Waals surface area contributed by atoms with Crippen LogP contribution in [0.5, 0.6) is 11.6 Å². The normalized spacial score (nSPS) is 19.6. The van der Waals surface area contributed by atoms with Crippen LogP contribution in [0.2, 0.25) is 0 Å². The third-order valence-electron chi connectivity index (χ3n) is 4.30. The lowest BCUT2D eigenvalue weighted by molar-refractivity contribution is -0.154. The Hall–Kier alpha value is -2.84. The fourth-order valence-electron chi connectivity index (χ4n) is 2.65. The summed E-state index contributed by atoms with van der Waals surface area (Å²) in [5, 5.41) is 2.84. The summed E-state index contributed by atoms with van der Waals surface area (Å²) >= 11 is 0. The topological polar surface area (TPSA) is 73.3 Å². The van der Waals surface area contributed by atoms with Crippen LogP contribution in [0.25, 0.3) is 0 Å². The second kappa shape index (κ2) is 8.45. The van der Waals surface area contributed by atoms with Crippen molar-refractivity contribution in [3.8, 4) is 11.6 Å². The summed E-state index contributed by atoms with van der Waals surface area (Å²) in [5.74, 6) is 0.489. The highest BCUT2D eigenvalue weighted by atomic mass is 19.4. The molecule has 3 rings (SSSR count). The fourth-order valence-corrected chi connectivity index (χ4v) is 2.65. The first-order chi connectivity index (χ1) is 13.3. The summed E-state index contributed by atoms with van der Waals surface area (Å²) in [6.07, 6.45) is -1.29. The van der Waals surface area contributed by atoms with Gasteiger partial charge in [0.25, 0.3) is 0 Å². The Kier molecular flexibility index (Phi) is 6.01. The van der Waals surface area contributed by atoms with Gasteiger partial charge in [-0.2, -0.15) is 13.2 Å². The van der Waals surface area contributed by atoms with E-state index >= 15 is 0 Å². The van der Waals surface area contributed by atoms with Crippen molar-refractivity contribution in [2.24, 2.45) is 11.8 Å². The van der Waals surface area contributed by atoms with E-state index in [4.69, 9.17) is 4.74 Å². The average molecular weight is 395 g/mol. The average Bonchev–Trinajstić information content (AvgIpc) is 3.45. The molecule has 1 amide bonds. The van der Waals surface area contributed by atoms with E-state index in [-0.39, 0.29) is 23.6 Å². The molecule has 28 heavy (non-hydrogen) atoms. The van der Waals surface area contributed by atoms with Gasteiger partial charge < -0.3 is 14.8 Å². The van der Waals surface area contributed by atoms with E-state index in [0.717, 1.165) is 18.4 Å². The first-order valence-electron chi connectivity index (χ1n) is 8.81. The van der Waals surface area contributed by atoms with Crippen LogP contribution in [0.4, 0.5) is 13.2 Å². The molecule has 1 fully saturated rings. The predicted octanol–water partition coefficient (Wildman–Crippen LogP) is 3.31. The van der Waals surface area contributed by atoms with Gasteiger partial charge in [-0.15, -0.1) is 0 Å². The number of para-hydroxylation sites is 1. The summed E-state index contributed by atoms with van der Waals surface area (Å²) in [6.45, 7) is 0.777. The van der Waals surface area contributed by atoms with Gasteiger partial charge in [-0.1, -0.05) is 18.2 Å². The molecule has 0 radical (unpaired) electrons. The largest absolute Gasteiger partial charge is 0.493 e. The summed E-state index contributed by atoms with van der Waals surface area (Å²) < 4.78 is 46.6. The Morgan fingerprint density at radius 1 is 1.21 bits per heavy atom. The molecule has 0 aliphatic heterocycles. The molecular weight excluding hydrogens is 375 g/mol. The van der Waals surface area contributed by atoms with Gasteiger partial charge in [-0.25, -0.2) is 4.98 Å². The highest BCUT2D eigenvalue weighted by molar-refractivity contribution is 5.81. The van der Waals surface area contributed by atoms with Crippen LogP contribution in [-0.2, 0) is 4.79 Å². The van der Waals surface area contributed by atoms with Gasteiger partial charge in [0.05, 0.1) is 30.7 Å². The number of nitrogens with zero attached hydrogens (tertiary/aromatic N) is 2. The SMILES string of the molecule is CC(NC(=O)[C@@H]1C[C@H]1COc1ccccc1)c1cnc(OCC(F)(F)F)cn1. The van der Waals surface area contributed by atoms with Crippen LogP contribution in [0.1, 0.15) is 25.1 Å². The van der Waals surface area contributed by atoms with E-state index in [1.54, 1.807) is 6.92 Å². The monoisotopic (exact) mass is 395 g/mol. The first-order valence-corrected chi connectivity index (χ1v) is 8.81. The number of benzene rings is 1. The number of aromatic nitrogens is 2. The van der Waals surface area contributed by atoms with E-state index in [0.29, 0.717) is 12.3 Å². The molecule has 1 aromatic carbocycles. The lowest BCUT2D eigenvalue weighted by Gasteiger charge is -2.14. The van der Waals surface area contributed by atoms with E-state index in [9.17, 15) is 18.0 Å². The molecule has 1 saturated carbocycles. The quantitative estimate of drug-likeness (QED) is 0.742. The Bertz CT molecular complexity index is 785. The molecule has 1 aliphatic rings. The number of halogens is 3. The second-order valence-corrected chi connectivity index (χ2v) is 6.64. The zero-order valence-electron chi connectivity index (χ0n) is 15.1. The van der Waals surface area contributed by atoms with Gasteiger partial charge in [0.15, 0.2) is 6.61 Å².